The van der Waals surface area contributed by atoms with Gasteiger partial charge in [-0.25, -0.2) is 4.52 Å². The van der Waals surface area contributed by atoms with Crippen LogP contribution in [0.15, 0.2) is 18.5 Å². The summed E-state index contributed by atoms with van der Waals surface area (Å²) in [5.41, 5.74) is 8.03. The normalized spacial score (nSPS) is 17.6. The largest absolute Gasteiger partial charge is 0.330 e. The van der Waals surface area contributed by atoms with Gasteiger partial charge < -0.3 is 10.3 Å². The molecular formula is C12H18N4. The molecule has 1 aliphatic rings. The van der Waals surface area contributed by atoms with Crippen LogP contribution in [-0.2, 0) is 6.54 Å². The van der Waals surface area contributed by atoms with Gasteiger partial charge >= 0.3 is 0 Å². The van der Waals surface area contributed by atoms with Crippen molar-refractivity contribution in [3.8, 4) is 0 Å². The van der Waals surface area contributed by atoms with Gasteiger partial charge in [0.1, 0.15) is 5.65 Å². The summed E-state index contributed by atoms with van der Waals surface area (Å²) in [6, 6.07) is 2.23. The summed E-state index contributed by atoms with van der Waals surface area (Å²) in [6.45, 7) is 1.54. The van der Waals surface area contributed by atoms with Crippen molar-refractivity contribution in [2.24, 2.45) is 5.73 Å². The van der Waals surface area contributed by atoms with Crippen LogP contribution in [0, 0.1) is 0 Å². The smallest absolute Gasteiger partial charge is 0.136 e. The van der Waals surface area contributed by atoms with E-state index in [1.165, 1.54) is 37.0 Å². The van der Waals surface area contributed by atoms with E-state index in [-0.39, 0.29) is 0 Å². The molecule has 1 aliphatic carbocycles. The Hall–Kier alpha value is -1.29. The molecule has 0 aliphatic heterocycles. The van der Waals surface area contributed by atoms with Crippen LogP contribution in [0.25, 0.3) is 5.65 Å². The molecule has 2 aromatic rings. The fourth-order valence-corrected chi connectivity index (χ4v) is 2.70. The Balaban J connectivity index is 1.95. The van der Waals surface area contributed by atoms with E-state index in [4.69, 9.17) is 5.73 Å². The Morgan fingerprint density at radius 2 is 2.12 bits per heavy atom. The molecule has 1 fully saturated rings. The Morgan fingerprint density at radius 3 is 2.88 bits per heavy atom. The van der Waals surface area contributed by atoms with Crippen LogP contribution in [0.5, 0.6) is 0 Å². The number of hydrogen-bond donors (Lipinski definition) is 1. The molecule has 4 heteroatoms. The maximum atomic E-state index is 5.59. The number of imidazole rings is 1. The lowest BCUT2D eigenvalue weighted by Gasteiger charge is -2.02. The van der Waals surface area contributed by atoms with Crippen LogP contribution in [0.3, 0.4) is 0 Å². The Labute approximate surface area is 95.0 Å². The number of hydrogen-bond acceptors (Lipinski definition) is 2. The number of aromatic nitrogens is 3. The first-order valence-electron chi connectivity index (χ1n) is 6.13. The van der Waals surface area contributed by atoms with E-state index >= 15 is 0 Å². The van der Waals surface area contributed by atoms with Crippen molar-refractivity contribution in [3.63, 3.8) is 0 Å². The average Bonchev–Trinajstić information content (AvgIpc) is 2.93. The molecule has 0 bridgehead atoms. The first-order chi connectivity index (χ1) is 7.88. The Kier molecular flexibility index (Phi) is 2.44. The molecule has 0 spiro atoms. The maximum absolute atomic E-state index is 5.59. The molecule has 2 aromatic heterocycles. The SMILES string of the molecule is NCCn1ccn2nc(C3CCCC3)cc12. The third-order valence-corrected chi connectivity index (χ3v) is 3.56. The zero-order valence-electron chi connectivity index (χ0n) is 9.47. The van der Waals surface area contributed by atoms with E-state index in [0.29, 0.717) is 12.5 Å². The quantitative estimate of drug-likeness (QED) is 0.853. The summed E-state index contributed by atoms with van der Waals surface area (Å²) in [5.74, 6) is 0.686. The fourth-order valence-electron chi connectivity index (χ4n) is 2.70. The monoisotopic (exact) mass is 218 g/mol. The lowest BCUT2D eigenvalue weighted by Crippen LogP contribution is -2.08. The summed E-state index contributed by atoms with van der Waals surface area (Å²) >= 11 is 0. The van der Waals surface area contributed by atoms with Crippen LogP contribution in [0.4, 0.5) is 0 Å². The summed E-state index contributed by atoms with van der Waals surface area (Å²) in [7, 11) is 0. The topological polar surface area (TPSA) is 48.2 Å². The molecule has 0 unspecified atom stereocenters. The van der Waals surface area contributed by atoms with E-state index in [1.54, 1.807) is 0 Å². The lowest BCUT2D eigenvalue weighted by atomic mass is 10.1. The van der Waals surface area contributed by atoms with E-state index < -0.39 is 0 Å². The summed E-state index contributed by atoms with van der Waals surface area (Å²) < 4.78 is 4.15. The second-order valence-electron chi connectivity index (χ2n) is 4.63. The highest BCUT2D eigenvalue weighted by Gasteiger charge is 2.20. The van der Waals surface area contributed by atoms with Gasteiger partial charge in [-0.05, 0) is 12.8 Å². The minimum absolute atomic E-state index is 0.675. The molecule has 4 nitrogen and oxygen atoms in total. The van der Waals surface area contributed by atoms with E-state index in [0.717, 1.165) is 6.54 Å². The molecule has 2 N–H and O–H groups in total. The van der Waals surface area contributed by atoms with Gasteiger partial charge in [0.25, 0.3) is 0 Å². The third-order valence-electron chi connectivity index (χ3n) is 3.56. The van der Waals surface area contributed by atoms with Crippen molar-refractivity contribution in [3.05, 3.63) is 24.2 Å². The highest BCUT2D eigenvalue weighted by molar-refractivity contribution is 5.42. The van der Waals surface area contributed by atoms with Gasteiger partial charge in [-0.2, -0.15) is 5.10 Å². The van der Waals surface area contributed by atoms with E-state index in [2.05, 4.69) is 15.7 Å². The van der Waals surface area contributed by atoms with Crippen molar-refractivity contribution in [2.45, 2.75) is 38.1 Å². The molecule has 0 amide bonds. The standard InChI is InChI=1S/C12H18N4/c13-5-6-15-7-8-16-12(15)9-11(14-16)10-3-1-2-4-10/h7-10H,1-6,13H2. The van der Waals surface area contributed by atoms with Crippen molar-refractivity contribution in [1.29, 1.82) is 0 Å². The van der Waals surface area contributed by atoms with Gasteiger partial charge in [0.15, 0.2) is 0 Å². The molecule has 0 saturated heterocycles. The average molecular weight is 218 g/mol. The number of nitrogens with two attached hydrogens (primary N) is 1. The van der Waals surface area contributed by atoms with Crippen LogP contribution in [-0.4, -0.2) is 20.7 Å². The van der Waals surface area contributed by atoms with Gasteiger partial charge in [0.05, 0.1) is 5.69 Å². The molecule has 0 aromatic carbocycles. The maximum Gasteiger partial charge on any atom is 0.136 e. The first-order valence-corrected chi connectivity index (χ1v) is 6.13. The summed E-state index contributed by atoms with van der Waals surface area (Å²) in [5, 5.41) is 4.65. The van der Waals surface area contributed by atoms with E-state index in [9.17, 15) is 0 Å². The second-order valence-corrected chi connectivity index (χ2v) is 4.63. The van der Waals surface area contributed by atoms with Crippen molar-refractivity contribution >= 4 is 5.65 Å². The molecule has 1 saturated carbocycles. The van der Waals surface area contributed by atoms with Gasteiger partial charge in [0, 0.05) is 37.5 Å². The predicted molar refractivity (Wildman–Crippen MR) is 63.4 cm³/mol. The lowest BCUT2D eigenvalue weighted by molar-refractivity contribution is 0.685. The fraction of sp³-hybridized carbons (Fsp3) is 0.583. The van der Waals surface area contributed by atoms with Crippen LogP contribution >= 0.6 is 0 Å². The minimum Gasteiger partial charge on any atom is -0.330 e. The highest BCUT2D eigenvalue weighted by Crippen LogP contribution is 2.33. The van der Waals surface area contributed by atoms with Crippen molar-refractivity contribution < 1.29 is 0 Å². The van der Waals surface area contributed by atoms with Crippen LogP contribution in [0.2, 0.25) is 0 Å². The van der Waals surface area contributed by atoms with E-state index in [1.807, 2.05) is 16.9 Å². The van der Waals surface area contributed by atoms with Gasteiger partial charge in [-0.3, -0.25) is 0 Å². The Morgan fingerprint density at radius 1 is 1.31 bits per heavy atom. The second kappa shape index (κ2) is 3.94. The zero-order valence-corrected chi connectivity index (χ0v) is 9.47. The van der Waals surface area contributed by atoms with Crippen molar-refractivity contribution in [2.75, 3.05) is 6.54 Å². The molecule has 86 valence electrons. The zero-order chi connectivity index (χ0) is 11.0. The molecule has 2 heterocycles. The predicted octanol–water partition coefficient (Wildman–Crippen LogP) is 1.75. The molecule has 3 rings (SSSR count). The molecule has 0 atom stereocenters. The third kappa shape index (κ3) is 1.53. The number of fused-ring (bicyclic) bond motifs is 1. The highest BCUT2D eigenvalue weighted by atomic mass is 15.3. The van der Waals surface area contributed by atoms with Crippen LogP contribution in [0.1, 0.15) is 37.3 Å². The Bertz CT molecular complexity index is 476. The molecular weight excluding hydrogens is 200 g/mol. The summed E-state index contributed by atoms with van der Waals surface area (Å²) in [4.78, 5) is 0. The molecule has 16 heavy (non-hydrogen) atoms. The minimum atomic E-state index is 0.675. The number of rotatable bonds is 3. The first kappa shape index (κ1) is 9.90. The van der Waals surface area contributed by atoms with Gasteiger partial charge in [0.2, 0.25) is 0 Å². The summed E-state index contributed by atoms with van der Waals surface area (Å²) in [6.07, 6.45) is 9.38. The van der Waals surface area contributed by atoms with Crippen LogP contribution < -0.4 is 5.73 Å². The van der Waals surface area contributed by atoms with Gasteiger partial charge in [-0.1, -0.05) is 12.8 Å². The van der Waals surface area contributed by atoms with Crippen molar-refractivity contribution in [1.82, 2.24) is 14.2 Å². The molecule has 0 radical (unpaired) electrons. The van der Waals surface area contributed by atoms with Gasteiger partial charge in [-0.15, -0.1) is 0 Å². The number of nitrogens with zero attached hydrogens (tertiary/aromatic N) is 3.